The van der Waals surface area contributed by atoms with Gasteiger partial charge in [0, 0.05) is 11.5 Å². The monoisotopic (exact) mass is 185 g/mol. The lowest BCUT2D eigenvalue weighted by molar-refractivity contribution is 0.413. The summed E-state index contributed by atoms with van der Waals surface area (Å²) >= 11 is 0. The zero-order valence-electron chi connectivity index (χ0n) is 8.33. The van der Waals surface area contributed by atoms with Crippen LogP contribution >= 0.6 is 0 Å². The van der Waals surface area contributed by atoms with Gasteiger partial charge in [-0.05, 0) is 31.4 Å². The minimum atomic E-state index is 0.682. The van der Waals surface area contributed by atoms with E-state index in [0.29, 0.717) is 5.92 Å². The lowest BCUT2D eigenvalue weighted by Gasteiger charge is -2.25. The highest BCUT2D eigenvalue weighted by atomic mass is 15.3. The first-order valence-corrected chi connectivity index (χ1v) is 5.25. The Morgan fingerprint density at radius 3 is 2.86 bits per heavy atom. The number of aryl methyl sites for hydroxylation is 1. The molecule has 1 heterocycles. The Labute approximate surface area is 84.0 Å². The fourth-order valence-corrected chi connectivity index (χ4v) is 2.19. The molecule has 1 aliphatic heterocycles. The third-order valence-electron chi connectivity index (χ3n) is 3.26. The first-order chi connectivity index (χ1) is 6.86. The van der Waals surface area contributed by atoms with E-state index in [1.54, 1.807) is 0 Å². The number of benzene rings is 1. The van der Waals surface area contributed by atoms with Crippen molar-refractivity contribution in [3.8, 4) is 0 Å². The Balaban J connectivity index is 2.05. The summed E-state index contributed by atoms with van der Waals surface area (Å²) in [5.41, 5.74) is 9.15. The van der Waals surface area contributed by atoms with Crippen LogP contribution in [-0.2, 0) is 0 Å². The maximum absolute atomic E-state index is 4.33. The van der Waals surface area contributed by atoms with E-state index in [2.05, 4.69) is 35.7 Å². The first kappa shape index (κ1) is 8.04. The Morgan fingerprint density at radius 2 is 2.14 bits per heavy atom. The van der Waals surface area contributed by atoms with Gasteiger partial charge in [-0.25, -0.2) is 0 Å². The highest BCUT2D eigenvalue weighted by molar-refractivity contribution is 6.09. The zero-order chi connectivity index (χ0) is 9.54. The van der Waals surface area contributed by atoms with E-state index in [-0.39, 0.29) is 0 Å². The minimum Gasteiger partial charge on any atom is -0.154 e. The van der Waals surface area contributed by atoms with Crippen molar-refractivity contribution in [1.82, 2.24) is 5.43 Å². The number of nitrogens with zero attached hydrogens (tertiary/aromatic N) is 2. The molecule has 0 atom stereocenters. The highest BCUT2D eigenvalue weighted by Gasteiger charge is 2.30. The number of hydrogen-bond donors (Lipinski definition) is 0. The van der Waals surface area contributed by atoms with E-state index in [0.717, 1.165) is 5.69 Å². The van der Waals surface area contributed by atoms with E-state index < -0.39 is 0 Å². The zero-order valence-corrected chi connectivity index (χ0v) is 8.33. The topological polar surface area (TPSA) is 26.5 Å². The van der Waals surface area contributed by atoms with Crippen LogP contribution in [0.1, 0.15) is 30.4 Å². The third-order valence-corrected chi connectivity index (χ3v) is 3.26. The van der Waals surface area contributed by atoms with Gasteiger partial charge in [0.2, 0.25) is 0 Å². The molecule has 71 valence electrons. The van der Waals surface area contributed by atoms with E-state index in [9.17, 15) is 0 Å². The summed E-state index contributed by atoms with van der Waals surface area (Å²) in [6.45, 7) is 2.15. The van der Waals surface area contributed by atoms with Gasteiger partial charge in [0.05, 0.1) is 11.4 Å². The van der Waals surface area contributed by atoms with Crippen LogP contribution in [-0.4, -0.2) is 5.71 Å². The van der Waals surface area contributed by atoms with Gasteiger partial charge in [-0.1, -0.05) is 18.6 Å². The van der Waals surface area contributed by atoms with Gasteiger partial charge in [-0.2, -0.15) is 10.5 Å². The van der Waals surface area contributed by atoms with Crippen molar-refractivity contribution in [2.24, 2.45) is 11.0 Å². The molecule has 0 amide bonds. The van der Waals surface area contributed by atoms with Gasteiger partial charge in [-0.15, -0.1) is 0 Å². The van der Waals surface area contributed by atoms with Crippen molar-refractivity contribution in [3.05, 3.63) is 29.3 Å². The molecule has 0 N–H and O–H groups in total. The quantitative estimate of drug-likeness (QED) is 0.643. The predicted molar refractivity (Wildman–Crippen MR) is 56.9 cm³/mol. The van der Waals surface area contributed by atoms with Gasteiger partial charge >= 0.3 is 0 Å². The maximum atomic E-state index is 4.33. The number of fused-ring (bicyclic) bond motifs is 1. The van der Waals surface area contributed by atoms with Gasteiger partial charge < -0.3 is 0 Å². The van der Waals surface area contributed by atoms with Crippen molar-refractivity contribution in [3.63, 3.8) is 0 Å². The van der Waals surface area contributed by atoms with Gasteiger partial charge in [0.25, 0.3) is 0 Å². The SMILES string of the molecule is Cc1cccc2c1C(C1CCC1)=N[N]2. The summed E-state index contributed by atoms with van der Waals surface area (Å²) in [6, 6.07) is 6.25. The van der Waals surface area contributed by atoms with Gasteiger partial charge in [0.15, 0.2) is 0 Å². The summed E-state index contributed by atoms with van der Waals surface area (Å²) in [7, 11) is 0. The summed E-state index contributed by atoms with van der Waals surface area (Å²) in [4.78, 5) is 0. The summed E-state index contributed by atoms with van der Waals surface area (Å²) in [6.07, 6.45) is 3.94. The van der Waals surface area contributed by atoms with Crippen LogP contribution in [0.15, 0.2) is 23.3 Å². The van der Waals surface area contributed by atoms with E-state index in [4.69, 9.17) is 0 Å². The van der Waals surface area contributed by atoms with Crippen LogP contribution in [0.3, 0.4) is 0 Å². The van der Waals surface area contributed by atoms with Crippen molar-refractivity contribution in [2.45, 2.75) is 26.2 Å². The molecule has 0 spiro atoms. The standard InChI is InChI=1S/C12H13N2/c1-8-4-2-7-10-11(8)12(14-13-10)9-5-3-6-9/h2,4,7,9H,3,5-6H2,1H3. The second kappa shape index (κ2) is 2.84. The molecule has 3 rings (SSSR count). The average molecular weight is 185 g/mol. The molecule has 1 radical (unpaired) electrons. The Kier molecular flexibility index (Phi) is 1.63. The molecule has 1 aromatic carbocycles. The molecule has 1 fully saturated rings. The maximum Gasteiger partial charge on any atom is 0.0950 e. The molecule has 2 nitrogen and oxygen atoms in total. The first-order valence-electron chi connectivity index (χ1n) is 5.25. The van der Waals surface area contributed by atoms with Crippen molar-refractivity contribution >= 4 is 11.4 Å². The normalized spacial score (nSPS) is 19.6. The molecule has 2 aliphatic rings. The molecule has 2 heteroatoms. The van der Waals surface area contributed by atoms with E-state index in [1.165, 1.54) is 36.1 Å². The predicted octanol–water partition coefficient (Wildman–Crippen LogP) is 2.75. The largest absolute Gasteiger partial charge is 0.154 e. The second-order valence-electron chi connectivity index (χ2n) is 4.18. The molecule has 0 saturated heterocycles. The molecule has 0 bridgehead atoms. The summed E-state index contributed by atoms with van der Waals surface area (Å²) < 4.78 is 0. The molecule has 1 saturated carbocycles. The molecule has 1 aliphatic carbocycles. The van der Waals surface area contributed by atoms with Crippen LogP contribution in [0.4, 0.5) is 5.69 Å². The molecule has 14 heavy (non-hydrogen) atoms. The van der Waals surface area contributed by atoms with Crippen LogP contribution in [0.2, 0.25) is 0 Å². The average Bonchev–Trinajstić information content (AvgIpc) is 2.47. The Hall–Kier alpha value is -1.31. The Morgan fingerprint density at radius 1 is 1.29 bits per heavy atom. The van der Waals surface area contributed by atoms with E-state index in [1.807, 2.05) is 0 Å². The molecule has 1 aromatic rings. The number of rotatable bonds is 1. The second-order valence-corrected chi connectivity index (χ2v) is 4.18. The summed E-state index contributed by atoms with van der Waals surface area (Å²) in [5.74, 6) is 0.682. The third kappa shape index (κ3) is 0.999. The van der Waals surface area contributed by atoms with Gasteiger partial charge in [0.1, 0.15) is 0 Å². The minimum absolute atomic E-state index is 0.682. The van der Waals surface area contributed by atoms with Crippen LogP contribution in [0.25, 0.3) is 0 Å². The van der Waals surface area contributed by atoms with Crippen LogP contribution < -0.4 is 5.43 Å². The van der Waals surface area contributed by atoms with Crippen molar-refractivity contribution in [2.75, 3.05) is 0 Å². The molecular weight excluding hydrogens is 172 g/mol. The fraction of sp³-hybridized carbons (Fsp3) is 0.417. The fourth-order valence-electron chi connectivity index (χ4n) is 2.19. The smallest absolute Gasteiger partial charge is 0.0950 e. The van der Waals surface area contributed by atoms with Crippen LogP contribution in [0, 0.1) is 12.8 Å². The highest BCUT2D eigenvalue weighted by Crippen LogP contribution is 2.36. The summed E-state index contributed by atoms with van der Waals surface area (Å²) in [5, 5.41) is 4.33. The Bertz CT molecular complexity index is 403. The molecule has 0 aromatic heterocycles. The molecular formula is C12H13N2. The number of hydrogen-bond acceptors (Lipinski definition) is 1. The lowest BCUT2D eigenvalue weighted by atomic mass is 9.78. The van der Waals surface area contributed by atoms with Crippen molar-refractivity contribution in [1.29, 1.82) is 0 Å². The van der Waals surface area contributed by atoms with Gasteiger partial charge in [-0.3, -0.25) is 0 Å². The lowest BCUT2D eigenvalue weighted by Crippen LogP contribution is -2.22. The van der Waals surface area contributed by atoms with E-state index >= 15 is 0 Å². The van der Waals surface area contributed by atoms with Crippen molar-refractivity contribution < 1.29 is 0 Å². The van der Waals surface area contributed by atoms with Crippen LogP contribution in [0.5, 0.6) is 0 Å². The molecule has 0 unspecified atom stereocenters.